The Bertz CT molecular complexity index is 959. The standard InChI is InChI=1S/C21H23N5O2/c1-14(2)12-20(28)22-18-10-8-16(9-11-18)19(27)13-26-24-21(23-25-26)17-6-4-15(3)5-7-17/h4-11,14H,12-13H2,1-3H3,(H,22,28). The predicted octanol–water partition coefficient (Wildman–Crippen LogP) is 3.52. The molecule has 1 heterocycles. The molecule has 0 aliphatic heterocycles. The van der Waals surface area contributed by atoms with Crippen LogP contribution in [-0.4, -0.2) is 31.9 Å². The minimum absolute atomic E-state index is 0.00207. The van der Waals surface area contributed by atoms with E-state index in [2.05, 4.69) is 20.7 Å². The normalized spacial score (nSPS) is 10.9. The molecule has 0 saturated heterocycles. The van der Waals surface area contributed by atoms with Crippen molar-refractivity contribution in [1.29, 1.82) is 0 Å². The monoisotopic (exact) mass is 377 g/mol. The number of hydrogen-bond acceptors (Lipinski definition) is 5. The van der Waals surface area contributed by atoms with Gasteiger partial charge in [0.15, 0.2) is 5.78 Å². The molecular formula is C21H23N5O2. The molecule has 1 aromatic heterocycles. The second-order valence-electron chi connectivity index (χ2n) is 7.16. The van der Waals surface area contributed by atoms with Crippen LogP contribution in [0.2, 0.25) is 0 Å². The van der Waals surface area contributed by atoms with Gasteiger partial charge in [-0.15, -0.1) is 10.2 Å². The second-order valence-corrected chi connectivity index (χ2v) is 7.16. The summed E-state index contributed by atoms with van der Waals surface area (Å²) in [5.41, 5.74) is 3.19. The molecular weight excluding hydrogens is 354 g/mol. The number of anilines is 1. The molecule has 3 rings (SSSR count). The highest BCUT2D eigenvalue weighted by Crippen LogP contribution is 2.15. The van der Waals surface area contributed by atoms with Gasteiger partial charge in [0, 0.05) is 23.2 Å². The van der Waals surface area contributed by atoms with Crippen LogP contribution < -0.4 is 5.32 Å². The molecule has 0 aliphatic rings. The van der Waals surface area contributed by atoms with E-state index >= 15 is 0 Å². The summed E-state index contributed by atoms with van der Waals surface area (Å²) < 4.78 is 0. The number of Topliss-reactive ketones (excluding diaryl/α,β-unsaturated/α-hetero) is 1. The Kier molecular flexibility index (Phi) is 5.93. The summed E-state index contributed by atoms with van der Waals surface area (Å²) in [7, 11) is 0. The molecule has 7 heteroatoms. The lowest BCUT2D eigenvalue weighted by Crippen LogP contribution is -2.15. The van der Waals surface area contributed by atoms with Gasteiger partial charge < -0.3 is 5.32 Å². The first-order valence-corrected chi connectivity index (χ1v) is 9.18. The number of tetrazole rings is 1. The first kappa shape index (κ1) is 19.4. The summed E-state index contributed by atoms with van der Waals surface area (Å²) in [5, 5.41) is 15.1. The van der Waals surface area contributed by atoms with E-state index in [4.69, 9.17) is 0 Å². The van der Waals surface area contributed by atoms with Gasteiger partial charge in [-0.05, 0) is 42.3 Å². The van der Waals surface area contributed by atoms with Crippen molar-refractivity contribution < 1.29 is 9.59 Å². The molecule has 1 amide bonds. The van der Waals surface area contributed by atoms with E-state index < -0.39 is 0 Å². The lowest BCUT2D eigenvalue weighted by Gasteiger charge is -2.07. The highest BCUT2D eigenvalue weighted by Gasteiger charge is 2.12. The van der Waals surface area contributed by atoms with Gasteiger partial charge >= 0.3 is 0 Å². The number of aromatic nitrogens is 4. The molecule has 144 valence electrons. The van der Waals surface area contributed by atoms with E-state index in [0.29, 0.717) is 29.4 Å². The second kappa shape index (κ2) is 8.56. The number of aryl methyl sites for hydroxylation is 1. The van der Waals surface area contributed by atoms with Gasteiger partial charge in [0.25, 0.3) is 0 Å². The number of rotatable bonds is 7. The van der Waals surface area contributed by atoms with Crippen LogP contribution in [0.1, 0.15) is 36.2 Å². The summed E-state index contributed by atoms with van der Waals surface area (Å²) >= 11 is 0. The number of ketones is 1. The summed E-state index contributed by atoms with van der Waals surface area (Å²) in [6.45, 7) is 5.99. The third-order valence-corrected chi connectivity index (χ3v) is 4.13. The van der Waals surface area contributed by atoms with Crippen molar-refractivity contribution in [2.45, 2.75) is 33.7 Å². The highest BCUT2D eigenvalue weighted by molar-refractivity contribution is 5.97. The van der Waals surface area contributed by atoms with E-state index in [-0.39, 0.29) is 18.2 Å². The Morgan fingerprint density at radius 2 is 1.71 bits per heavy atom. The third-order valence-electron chi connectivity index (χ3n) is 4.13. The van der Waals surface area contributed by atoms with Gasteiger partial charge in [0.2, 0.25) is 11.7 Å². The van der Waals surface area contributed by atoms with Crippen molar-refractivity contribution in [1.82, 2.24) is 20.2 Å². The van der Waals surface area contributed by atoms with Crippen LogP contribution in [0.5, 0.6) is 0 Å². The zero-order valence-electron chi connectivity index (χ0n) is 16.2. The molecule has 3 aromatic rings. The van der Waals surface area contributed by atoms with Crippen LogP contribution in [0.4, 0.5) is 5.69 Å². The van der Waals surface area contributed by atoms with Crippen molar-refractivity contribution in [2.75, 3.05) is 5.32 Å². The number of amides is 1. The van der Waals surface area contributed by atoms with Crippen LogP contribution >= 0.6 is 0 Å². The van der Waals surface area contributed by atoms with E-state index in [1.165, 1.54) is 4.80 Å². The molecule has 0 saturated carbocycles. The molecule has 0 unspecified atom stereocenters. The summed E-state index contributed by atoms with van der Waals surface area (Å²) in [6.07, 6.45) is 0.460. The maximum atomic E-state index is 12.5. The molecule has 0 aliphatic carbocycles. The van der Waals surface area contributed by atoms with Crippen molar-refractivity contribution in [3.05, 3.63) is 59.7 Å². The smallest absolute Gasteiger partial charge is 0.224 e. The fraction of sp³-hybridized carbons (Fsp3) is 0.286. The Hall–Kier alpha value is -3.35. The first-order valence-electron chi connectivity index (χ1n) is 9.18. The zero-order valence-corrected chi connectivity index (χ0v) is 16.2. The Balaban J connectivity index is 1.62. The predicted molar refractivity (Wildman–Crippen MR) is 107 cm³/mol. The average Bonchev–Trinajstić information content (AvgIpc) is 3.10. The van der Waals surface area contributed by atoms with E-state index in [9.17, 15) is 9.59 Å². The topological polar surface area (TPSA) is 89.8 Å². The van der Waals surface area contributed by atoms with Crippen molar-refractivity contribution in [2.24, 2.45) is 5.92 Å². The molecule has 0 atom stereocenters. The molecule has 0 spiro atoms. The summed E-state index contributed by atoms with van der Waals surface area (Å²) in [5.74, 6) is 0.606. The Labute approximate surface area is 163 Å². The van der Waals surface area contributed by atoms with E-state index in [1.807, 2.05) is 45.0 Å². The van der Waals surface area contributed by atoms with Crippen molar-refractivity contribution in [3.8, 4) is 11.4 Å². The van der Waals surface area contributed by atoms with Gasteiger partial charge in [0.05, 0.1) is 0 Å². The minimum Gasteiger partial charge on any atom is -0.326 e. The lowest BCUT2D eigenvalue weighted by molar-refractivity contribution is -0.116. The molecule has 2 aromatic carbocycles. The summed E-state index contributed by atoms with van der Waals surface area (Å²) in [6, 6.07) is 14.6. The molecule has 1 N–H and O–H groups in total. The van der Waals surface area contributed by atoms with Crippen LogP contribution in [0.15, 0.2) is 48.5 Å². The number of benzene rings is 2. The fourth-order valence-electron chi connectivity index (χ4n) is 2.67. The van der Waals surface area contributed by atoms with Crippen LogP contribution in [0.25, 0.3) is 11.4 Å². The zero-order chi connectivity index (χ0) is 20.1. The van der Waals surface area contributed by atoms with Crippen molar-refractivity contribution in [3.63, 3.8) is 0 Å². The number of carbonyl (C=O) groups is 2. The lowest BCUT2D eigenvalue weighted by atomic mass is 10.1. The average molecular weight is 377 g/mol. The molecule has 28 heavy (non-hydrogen) atoms. The number of carbonyl (C=O) groups excluding carboxylic acids is 2. The third kappa shape index (κ3) is 5.09. The van der Waals surface area contributed by atoms with E-state index in [1.54, 1.807) is 24.3 Å². The van der Waals surface area contributed by atoms with E-state index in [0.717, 1.165) is 11.1 Å². The molecule has 7 nitrogen and oxygen atoms in total. The van der Waals surface area contributed by atoms with Crippen molar-refractivity contribution >= 4 is 17.4 Å². The molecule has 0 fully saturated rings. The van der Waals surface area contributed by atoms with Crippen LogP contribution in [0.3, 0.4) is 0 Å². The highest BCUT2D eigenvalue weighted by atomic mass is 16.1. The van der Waals surface area contributed by atoms with Gasteiger partial charge in [-0.3, -0.25) is 9.59 Å². The minimum atomic E-state index is -0.132. The van der Waals surface area contributed by atoms with Gasteiger partial charge in [-0.25, -0.2) is 0 Å². The van der Waals surface area contributed by atoms with Gasteiger partial charge in [-0.1, -0.05) is 43.7 Å². The number of nitrogens with one attached hydrogen (secondary N) is 1. The van der Waals surface area contributed by atoms with Gasteiger partial charge in [-0.2, -0.15) is 4.80 Å². The van der Waals surface area contributed by atoms with Crippen LogP contribution in [-0.2, 0) is 11.3 Å². The molecule has 0 bridgehead atoms. The summed E-state index contributed by atoms with van der Waals surface area (Å²) in [4.78, 5) is 25.6. The Morgan fingerprint density at radius 3 is 2.36 bits per heavy atom. The first-order chi connectivity index (χ1) is 13.4. The largest absolute Gasteiger partial charge is 0.326 e. The molecule has 0 radical (unpaired) electrons. The number of hydrogen-bond donors (Lipinski definition) is 1. The fourth-order valence-corrected chi connectivity index (χ4v) is 2.67. The maximum absolute atomic E-state index is 12.5. The quantitative estimate of drug-likeness (QED) is 0.636. The van der Waals surface area contributed by atoms with Gasteiger partial charge in [0.1, 0.15) is 6.54 Å². The SMILES string of the molecule is Cc1ccc(-c2nnn(CC(=O)c3ccc(NC(=O)CC(C)C)cc3)n2)cc1. The number of nitrogens with zero attached hydrogens (tertiary/aromatic N) is 4. The Morgan fingerprint density at radius 1 is 1.04 bits per heavy atom. The van der Waals surface area contributed by atoms with Crippen LogP contribution in [0, 0.1) is 12.8 Å². The maximum Gasteiger partial charge on any atom is 0.224 e.